The van der Waals surface area contributed by atoms with Gasteiger partial charge in [0.1, 0.15) is 5.78 Å². The maximum absolute atomic E-state index is 12.1. The molecule has 0 radical (unpaired) electrons. The fraction of sp³-hybridized carbons (Fsp3) is 0.647. The zero-order chi connectivity index (χ0) is 17.0. The molecule has 1 amide bonds. The first kappa shape index (κ1) is 17.4. The van der Waals surface area contributed by atoms with Crippen molar-refractivity contribution in [3.05, 3.63) is 12.4 Å². The van der Waals surface area contributed by atoms with Gasteiger partial charge < -0.3 is 10.2 Å². The number of Topliss-reactive ketones (excluding diaryl/α,β-unsaturated/α-hetero) is 1. The number of hydrogen-bond donors (Lipinski definition) is 1. The smallest absolute Gasteiger partial charge is 0.227 e. The SMILES string of the molecule is CC(C)C(=O)Nc1cnc(N2CCC(C(=O)C(C)C)CC2)nc1. The summed E-state index contributed by atoms with van der Waals surface area (Å²) in [6.07, 6.45) is 4.97. The van der Waals surface area contributed by atoms with Crippen LogP contribution in [0.5, 0.6) is 0 Å². The lowest BCUT2D eigenvalue weighted by atomic mass is 9.87. The van der Waals surface area contributed by atoms with Crippen molar-refractivity contribution in [3.63, 3.8) is 0 Å². The summed E-state index contributed by atoms with van der Waals surface area (Å²) in [4.78, 5) is 34.5. The van der Waals surface area contributed by atoms with Crippen molar-refractivity contribution in [3.8, 4) is 0 Å². The molecule has 2 heterocycles. The van der Waals surface area contributed by atoms with E-state index in [1.165, 1.54) is 0 Å². The molecule has 23 heavy (non-hydrogen) atoms. The fourth-order valence-electron chi connectivity index (χ4n) is 2.67. The molecule has 1 aliphatic rings. The van der Waals surface area contributed by atoms with Crippen LogP contribution in [0.3, 0.4) is 0 Å². The largest absolute Gasteiger partial charge is 0.341 e. The van der Waals surface area contributed by atoms with Gasteiger partial charge in [0, 0.05) is 30.8 Å². The molecule has 0 saturated carbocycles. The average Bonchev–Trinajstić information content (AvgIpc) is 2.55. The molecule has 1 aromatic heterocycles. The van der Waals surface area contributed by atoms with Gasteiger partial charge in [0.15, 0.2) is 0 Å². The summed E-state index contributed by atoms with van der Waals surface area (Å²) in [5, 5.41) is 2.78. The number of piperidine rings is 1. The van der Waals surface area contributed by atoms with E-state index in [1.54, 1.807) is 12.4 Å². The first-order valence-corrected chi connectivity index (χ1v) is 8.30. The van der Waals surface area contributed by atoms with Gasteiger partial charge in [0.25, 0.3) is 0 Å². The van der Waals surface area contributed by atoms with Gasteiger partial charge in [-0.25, -0.2) is 9.97 Å². The second kappa shape index (κ2) is 7.53. The molecule has 126 valence electrons. The zero-order valence-corrected chi connectivity index (χ0v) is 14.4. The highest BCUT2D eigenvalue weighted by atomic mass is 16.1. The lowest BCUT2D eigenvalue weighted by Crippen LogP contribution is -2.38. The summed E-state index contributed by atoms with van der Waals surface area (Å²) in [7, 11) is 0. The Bertz CT molecular complexity index is 546. The molecule has 1 N–H and O–H groups in total. The summed E-state index contributed by atoms with van der Waals surface area (Å²) in [6, 6.07) is 0. The fourth-order valence-corrected chi connectivity index (χ4v) is 2.67. The number of carbonyl (C=O) groups is 2. The van der Waals surface area contributed by atoms with Crippen LogP contribution < -0.4 is 10.2 Å². The number of carbonyl (C=O) groups excluding carboxylic acids is 2. The normalized spacial score (nSPS) is 16.0. The summed E-state index contributed by atoms with van der Waals surface area (Å²) in [6.45, 7) is 9.19. The summed E-state index contributed by atoms with van der Waals surface area (Å²) < 4.78 is 0. The molecule has 0 unspecified atom stereocenters. The van der Waals surface area contributed by atoms with Crippen molar-refractivity contribution in [2.45, 2.75) is 40.5 Å². The van der Waals surface area contributed by atoms with Gasteiger partial charge in [-0.2, -0.15) is 0 Å². The van der Waals surface area contributed by atoms with Crippen LogP contribution in [0.4, 0.5) is 11.6 Å². The van der Waals surface area contributed by atoms with E-state index in [9.17, 15) is 9.59 Å². The minimum absolute atomic E-state index is 0.0469. The third-order valence-corrected chi connectivity index (χ3v) is 4.18. The van der Waals surface area contributed by atoms with Gasteiger partial charge in [-0.05, 0) is 12.8 Å². The number of hydrogen-bond acceptors (Lipinski definition) is 5. The van der Waals surface area contributed by atoms with E-state index in [1.807, 2.05) is 27.7 Å². The van der Waals surface area contributed by atoms with E-state index in [2.05, 4.69) is 20.2 Å². The molecule has 1 aromatic rings. The molecule has 6 heteroatoms. The minimum Gasteiger partial charge on any atom is -0.341 e. The number of amides is 1. The minimum atomic E-state index is -0.0767. The Balaban J connectivity index is 1.91. The van der Waals surface area contributed by atoms with E-state index in [-0.39, 0.29) is 23.7 Å². The van der Waals surface area contributed by atoms with Crippen molar-refractivity contribution in [1.29, 1.82) is 0 Å². The van der Waals surface area contributed by atoms with Crippen LogP contribution >= 0.6 is 0 Å². The Morgan fingerprint density at radius 2 is 1.65 bits per heavy atom. The van der Waals surface area contributed by atoms with Gasteiger partial charge in [-0.1, -0.05) is 27.7 Å². The van der Waals surface area contributed by atoms with Gasteiger partial charge in [0.2, 0.25) is 11.9 Å². The van der Waals surface area contributed by atoms with Crippen LogP contribution in [-0.2, 0) is 9.59 Å². The predicted molar refractivity (Wildman–Crippen MR) is 90.3 cm³/mol. The number of aromatic nitrogens is 2. The summed E-state index contributed by atoms with van der Waals surface area (Å²) in [5.74, 6) is 1.16. The quantitative estimate of drug-likeness (QED) is 0.903. The molecular formula is C17H26N4O2. The van der Waals surface area contributed by atoms with Gasteiger partial charge >= 0.3 is 0 Å². The van der Waals surface area contributed by atoms with Crippen molar-refractivity contribution in [2.24, 2.45) is 17.8 Å². The van der Waals surface area contributed by atoms with E-state index in [0.29, 0.717) is 17.4 Å². The van der Waals surface area contributed by atoms with Crippen LogP contribution in [0.1, 0.15) is 40.5 Å². The van der Waals surface area contributed by atoms with Crippen molar-refractivity contribution in [2.75, 3.05) is 23.3 Å². The van der Waals surface area contributed by atoms with Gasteiger partial charge in [-0.15, -0.1) is 0 Å². The molecule has 2 rings (SSSR count). The third kappa shape index (κ3) is 4.50. The summed E-state index contributed by atoms with van der Waals surface area (Å²) in [5.41, 5.74) is 0.609. The number of anilines is 2. The lowest BCUT2D eigenvalue weighted by molar-refractivity contribution is -0.126. The first-order valence-electron chi connectivity index (χ1n) is 8.30. The molecule has 1 fully saturated rings. The topological polar surface area (TPSA) is 75.2 Å². The van der Waals surface area contributed by atoms with E-state index < -0.39 is 0 Å². The third-order valence-electron chi connectivity index (χ3n) is 4.18. The molecule has 0 aliphatic carbocycles. The highest BCUT2D eigenvalue weighted by Crippen LogP contribution is 2.23. The Hall–Kier alpha value is -1.98. The maximum Gasteiger partial charge on any atom is 0.227 e. The molecule has 0 bridgehead atoms. The second-order valence-electron chi connectivity index (χ2n) is 6.73. The van der Waals surface area contributed by atoms with Crippen LogP contribution in [0.25, 0.3) is 0 Å². The molecule has 6 nitrogen and oxygen atoms in total. The number of nitrogens with one attached hydrogen (secondary N) is 1. The van der Waals surface area contributed by atoms with Gasteiger partial charge in [-0.3, -0.25) is 9.59 Å². The predicted octanol–water partition coefficient (Wildman–Crippen LogP) is 2.51. The lowest BCUT2D eigenvalue weighted by Gasteiger charge is -2.31. The average molecular weight is 318 g/mol. The summed E-state index contributed by atoms with van der Waals surface area (Å²) >= 11 is 0. The molecule has 0 aromatic carbocycles. The molecule has 0 atom stereocenters. The molecule has 1 aliphatic heterocycles. The van der Waals surface area contributed by atoms with E-state index in [0.717, 1.165) is 25.9 Å². The maximum atomic E-state index is 12.1. The number of rotatable bonds is 5. The molecular weight excluding hydrogens is 292 g/mol. The Labute approximate surface area is 137 Å². The van der Waals surface area contributed by atoms with Crippen molar-refractivity contribution < 1.29 is 9.59 Å². The van der Waals surface area contributed by atoms with Crippen molar-refractivity contribution >= 4 is 23.3 Å². The Kier molecular flexibility index (Phi) is 5.69. The van der Waals surface area contributed by atoms with Crippen LogP contribution in [0.2, 0.25) is 0 Å². The van der Waals surface area contributed by atoms with Crippen LogP contribution in [0, 0.1) is 17.8 Å². The number of ketones is 1. The first-order chi connectivity index (χ1) is 10.9. The highest BCUT2D eigenvalue weighted by molar-refractivity contribution is 5.91. The standard InChI is InChI=1S/C17H26N4O2/c1-11(2)15(22)13-5-7-21(8-6-13)17-18-9-14(10-19-17)20-16(23)12(3)4/h9-13H,5-8H2,1-4H3,(H,20,23). The van der Waals surface area contributed by atoms with E-state index in [4.69, 9.17) is 0 Å². The van der Waals surface area contributed by atoms with Crippen LogP contribution in [0.15, 0.2) is 12.4 Å². The molecule has 0 spiro atoms. The highest BCUT2D eigenvalue weighted by Gasteiger charge is 2.27. The Morgan fingerprint density at radius 3 is 2.13 bits per heavy atom. The van der Waals surface area contributed by atoms with Gasteiger partial charge in [0.05, 0.1) is 18.1 Å². The zero-order valence-electron chi connectivity index (χ0n) is 14.4. The number of nitrogens with zero attached hydrogens (tertiary/aromatic N) is 3. The van der Waals surface area contributed by atoms with Crippen molar-refractivity contribution in [1.82, 2.24) is 9.97 Å². The van der Waals surface area contributed by atoms with Crippen LogP contribution in [-0.4, -0.2) is 34.7 Å². The second-order valence-corrected chi connectivity index (χ2v) is 6.73. The molecule has 1 saturated heterocycles. The monoisotopic (exact) mass is 318 g/mol. The Morgan fingerprint density at radius 1 is 1.09 bits per heavy atom. The van der Waals surface area contributed by atoms with E-state index >= 15 is 0 Å².